The summed E-state index contributed by atoms with van der Waals surface area (Å²) in [6, 6.07) is 14.3. The average molecular weight is 371 g/mol. The number of carbonyl (C=O) groups excluding carboxylic acids is 2. The Hall–Kier alpha value is -3.02. The summed E-state index contributed by atoms with van der Waals surface area (Å²) < 4.78 is 16.1. The fourth-order valence-corrected chi connectivity index (χ4v) is 2.28. The van der Waals surface area contributed by atoms with Crippen molar-refractivity contribution in [3.63, 3.8) is 0 Å². The predicted molar refractivity (Wildman–Crippen MR) is 102 cm³/mol. The van der Waals surface area contributed by atoms with E-state index in [1.54, 1.807) is 24.3 Å². The van der Waals surface area contributed by atoms with Crippen molar-refractivity contribution in [3.8, 4) is 11.5 Å². The molecule has 0 atom stereocenters. The Morgan fingerprint density at radius 1 is 1.00 bits per heavy atom. The van der Waals surface area contributed by atoms with Crippen molar-refractivity contribution in [1.82, 2.24) is 5.32 Å². The van der Waals surface area contributed by atoms with Crippen molar-refractivity contribution >= 4 is 11.9 Å². The number of amides is 1. The Morgan fingerprint density at radius 2 is 1.74 bits per heavy atom. The molecule has 0 heterocycles. The van der Waals surface area contributed by atoms with Gasteiger partial charge in [0.2, 0.25) is 0 Å². The van der Waals surface area contributed by atoms with Crippen molar-refractivity contribution in [2.45, 2.75) is 26.9 Å². The van der Waals surface area contributed by atoms with Crippen LogP contribution in [0.25, 0.3) is 0 Å². The zero-order valence-corrected chi connectivity index (χ0v) is 15.9. The molecule has 2 rings (SSSR count). The van der Waals surface area contributed by atoms with E-state index in [0.29, 0.717) is 11.3 Å². The van der Waals surface area contributed by atoms with Crippen LogP contribution in [0.3, 0.4) is 0 Å². The molecular formula is C21H25NO5. The van der Waals surface area contributed by atoms with Crippen LogP contribution in [0.4, 0.5) is 0 Å². The number of benzene rings is 2. The van der Waals surface area contributed by atoms with E-state index in [2.05, 4.69) is 5.32 Å². The minimum atomic E-state index is -0.518. The molecule has 1 N–H and O–H groups in total. The summed E-state index contributed by atoms with van der Waals surface area (Å²) in [7, 11) is 0. The molecule has 0 aromatic heterocycles. The molecule has 0 bridgehead atoms. The highest BCUT2D eigenvalue weighted by atomic mass is 16.6. The standard InChI is InChI=1S/C21H25NO5/c1-15(2)27-18-9-7-17(8-10-18)21(24)22-14-20(23)26-12-11-25-19-6-4-5-16(3)13-19/h4-10,13,15H,11-12,14H2,1-3H3,(H,22,24). The maximum Gasteiger partial charge on any atom is 0.325 e. The van der Waals surface area contributed by atoms with Crippen LogP contribution in [0.5, 0.6) is 11.5 Å². The minimum absolute atomic E-state index is 0.0642. The van der Waals surface area contributed by atoms with Gasteiger partial charge < -0.3 is 19.5 Å². The number of ether oxygens (including phenoxy) is 3. The first-order chi connectivity index (χ1) is 12.9. The van der Waals surface area contributed by atoms with E-state index < -0.39 is 5.97 Å². The van der Waals surface area contributed by atoms with Gasteiger partial charge in [0.1, 0.15) is 31.3 Å². The molecule has 0 aliphatic heterocycles. The summed E-state index contributed by atoms with van der Waals surface area (Å²) in [5.74, 6) is 0.550. The third kappa shape index (κ3) is 7.40. The van der Waals surface area contributed by atoms with Crippen molar-refractivity contribution < 1.29 is 23.8 Å². The lowest BCUT2D eigenvalue weighted by Crippen LogP contribution is -2.31. The van der Waals surface area contributed by atoms with Crippen LogP contribution in [-0.2, 0) is 9.53 Å². The van der Waals surface area contributed by atoms with Gasteiger partial charge in [-0.25, -0.2) is 0 Å². The fourth-order valence-electron chi connectivity index (χ4n) is 2.28. The van der Waals surface area contributed by atoms with E-state index in [1.165, 1.54) is 0 Å². The van der Waals surface area contributed by atoms with E-state index in [9.17, 15) is 9.59 Å². The molecule has 144 valence electrons. The normalized spacial score (nSPS) is 10.4. The molecule has 1 amide bonds. The van der Waals surface area contributed by atoms with Gasteiger partial charge in [0.15, 0.2) is 0 Å². The minimum Gasteiger partial charge on any atom is -0.491 e. The summed E-state index contributed by atoms with van der Waals surface area (Å²) in [6.45, 7) is 5.99. The molecule has 6 heteroatoms. The summed E-state index contributed by atoms with van der Waals surface area (Å²) in [5.41, 5.74) is 1.54. The van der Waals surface area contributed by atoms with Crippen LogP contribution >= 0.6 is 0 Å². The van der Waals surface area contributed by atoms with Crippen LogP contribution in [0, 0.1) is 6.92 Å². The number of rotatable bonds is 9. The first-order valence-corrected chi connectivity index (χ1v) is 8.84. The Balaban J connectivity index is 1.66. The number of hydrogen-bond donors (Lipinski definition) is 1. The molecule has 6 nitrogen and oxygen atoms in total. The molecule has 0 unspecified atom stereocenters. The zero-order chi connectivity index (χ0) is 19.6. The van der Waals surface area contributed by atoms with Crippen molar-refractivity contribution in [2.75, 3.05) is 19.8 Å². The molecule has 0 aliphatic carbocycles. The smallest absolute Gasteiger partial charge is 0.325 e. The lowest BCUT2D eigenvalue weighted by molar-refractivity contribution is -0.143. The van der Waals surface area contributed by atoms with Gasteiger partial charge >= 0.3 is 5.97 Å². The zero-order valence-electron chi connectivity index (χ0n) is 15.9. The lowest BCUT2D eigenvalue weighted by Gasteiger charge is -2.10. The summed E-state index contributed by atoms with van der Waals surface area (Å²) in [5, 5.41) is 2.53. The quantitative estimate of drug-likeness (QED) is 0.541. The number of esters is 1. The van der Waals surface area contributed by atoms with Gasteiger partial charge in [-0.15, -0.1) is 0 Å². The molecule has 0 radical (unpaired) electrons. The molecule has 0 saturated carbocycles. The third-order valence-electron chi connectivity index (χ3n) is 3.49. The van der Waals surface area contributed by atoms with Gasteiger partial charge in [0, 0.05) is 5.56 Å². The Kier molecular flexibility index (Phi) is 7.67. The summed E-state index contributed by atoms with van der Waals surface area (Å²) in [6.07, 6.45) is 0.0642. The highest BCUT2D eigenvalue weighted by Crippen LogP contribution is 2.14. The fraction of sp³-hybridized carbons (Fsp3) is 0.333. The summed E-state index contributed by atoms with van der Waals surface area (Å²) in [4.78, 5) is 23.8. The molecular weight excluding hydrogens is 346 g/mol. The van der Waals surface area contributed by atoms with Gasteiger partial charge in [-0.3, -0.25) is 9.59 Å². The number of carbonyl (C=O) groups is 2. The van der Waals surface area contributed by atoms with Gasteiger partial charge in [-0.2, -0.15) is 0 Å². The second-order valence-corrected chi connectivity index (χ2v) is 6.26. The maximum atomic E-state index is 12.0. The molecule has 0 spiro atoms. The van der Waals surface area contributed by atoms with E-state index >= 15 is 0 Å². The first kappa shape index (κ1) is 20.3. The van der Waals surface area contributed by atoms with Crippen molar-refractivity contribution in [2.24, 2.45) is 0 Å². The van der Waals surface area contributed by atoms with Crippen LogP contribution in [-0.4, -0.2) is 37.7 Å². The van der Waals surface area contributed by atoms with Crippen LogP contribution in [0.1, 0.15) is 29.8 Å². The van der Waals surface area contributed by atoms with Gasteiger partial charge in [-0.1, -0.05) is 12.1 Å². The second kappa shape index (κ2) is 10.2. The first-order valence-electron chi connectivity index (χ1n) is 8.84. The SMILES string of the molecule is Cc1cccc(OCCOC(=O)CNC(=O)c2ccc(OC(C)C)cc2)c1. The number of aryl methyl sites for hydroxylation is 1. The molecule has 2 aromatic rings. The largest absolute Gasteiger partial charge is 0.491 e. The van der Waals surface area contributed by atoms with Crippen LogP contribution in [0.2, 0.25) is 0 Å². The van der Waals surface area contributed by atoms with Gasteiger partial charge in [0.25, 0.3) is 5.91 Å². The molecule has 0 saturated heterocycles. The number of nitrogens with one attached hydrogen (secondary N) is 1. The van der Waals surface area contributed by atoms with E-state index in [-0.39, 0.29) is 31.8 Å². The lowest BCUT2D eigenvalue weighted by atomic mass is 10.2. The predicted octanol–water partition coefficient (Wildman–Crippen LogP) is 3.13. The van der Waals surface area contributed by atoms with E-state index in [0.717, 1.165) is 11.3 Å². The Morgan fingerprint density at radius 3 is 2.41 bits per heavy atom. The van der Waals surface area contributed by atoms with Gasteiger partial charge in [0.05, 0.1) is 6.10 Å². The second-order valence-electron chi connectivity index (χ2n) is 6.26. The average Bonchev–Trinajstić information content (AvgIpc) is 2.63. The topological polar surface area (TPSA) is 73.9 Å². The van der Waals surface area contributed by atoms with Crippen molar-refractivity contribution in [3.05, 3.63) is 59.7 Å². The van der Waals surface area contributed by atoms with Crippen molar-refractivity contribution in [1.29, 1.82) is 0 Å². The highest BCUT2D eigenvalue weighted by Gasteiger charge is 2.09. The highest BCUT2D eigenvalue weighted by molar-refractivity contribution is 5.96. The Labute approximate surface area is 159 Å². The van der Waals surface area contributed by atoms with Gasteiger partial charge in [-0.05, 0) is 62.7 Å². The van der Waals surface area contributed by atoms with Crippen LogP contribution in [0.15, 0.2) is 48.5 Å². The molecule has 2 aromatic carbocycles. The van der Waals surface area contributed by atoms with Crippen LogP contribution < -0.4 is 14.8 Å². The monoisotopic (exact) mass is 371 g/mol. The summed E-state index contributed by atoms with van der Waals surface area (Å²) >= 11 is 0. The Bertz CT molecular complexity index is 755. The molecule has 0 aliphatic rings. The van der Waals surface area contributed by atoms with E-state index in [1.807, 2.05) is 45.0 Å². The third-order valence-corrected chi connectivity index (χ3v) is 3.49. The molecule has 27 heavy (non-hydrogen) atoms. The number of hydrogen-bond acceptors (Lipinski definition) is 5. The maximum absolute atomic E-state index is 12.0. The van der Waals surface area contributed by atoms with E-state index in [4.69, 9.17) is 14.2 Å². The molecule has 0 fully saturated rings.